The van der Waals surface area contributed by atoms with Gasteiger partial charge in [0.1, 0.15) is 0 Å². The SMILES string of the molecule is Cc1ccsc1/C=C/C(=O)N[C@H]1c2ccccc2C[C@H]1O. The molecule has 2 N–H and O–H groups in total. The van der Waals surface area contributed by atoms with E-state index in [1.165, 1.54) is 6.08 Å². The van der Waals surface area contributed by atoms with Crippen molar-refractivity contribution >= 4 is 23.3 Å². The van der Waals surface area contributed by atoms with Crippen LogP contribution in [-0.2, 0) is 11.2 Å². The molecule has 21 heavy (non-hydrogen) atoms. The standard InChI is InChI=1S/C17H17NO2S/c1-11-8-9-21-15(11)6-7-16(20)18-17-13-5-3-2-4-12(13)10-14(17)19/h2-9,14,17,19H,10H2,1H3,(H,18,20)/b7-6+/t14-,17+/m1/s1. The van der Waals surface area contributed by atoms with Crippen molar-refractivity contribution in [2.24, 2.45) is 0 Å². The highest BCUT2D eigenvalue weighted by Crippen LogP contribution is 2.31. The number of aliphatic hydroxyl groups is 1. The summed E-state index contributed by atoms with van der Waals surface area (Å²) >= 11 is 1.61. The van der Waals surface area contributed by atoms with Crippen molar-refractivity contribution in [1.29, 1.82) is 0 Å². The predicted octanol–water partition coefficient (Wildman–Crippen LogP) is 2.84. The van der Waals surface area contributed by atoms with Crippen molar-refractivity contribution < 1.29 is 9.90 Å². The van der Waals surface area contributed by atoms with Gasteiger partial charge in [-0.15, -0.1) is 11.3 Å². The molecular formula is C17H17NO2S. The van der Waals surface area contributed by atoms with E-state index in [1.54, 1.807) is 11.3 Å². The lowest BCUT2D eigenvalue weighted by atomic mass is 10.1. The molecule has 0 bridgehead atoms. The number of fused-ring (bicyclic) bond motifs is 1. The summed E-state index contributed by atoms with van der Waals surface area (Å²) in [5, 5.41) is 15.0. The minimum atomic E-state index is -0.553. The topological polar surface area (TPSA) is 49.3 Å². The van der Waals surface area contributed by atoms with Gasteiger partial charge < -0.3 is 10.4 Å². The summed E-state index contributed by atoms with van der Waals surface area (Å²) in [6, 6.07) is 9.55. The molecule has 4 heteroatoms. The monoisotopic (exact) mass is 299 g/mol. The Morgan fingerprint density at radius 1 is 1.38 bits per heavy atom. The minimum absolute atomic E-state index is 0.177. The van der Waals surface area contributed by atoms with Crippen LogP contribution in [0.4, 0.5) is 0 Å². The second-order valence-electron chi connectivity index (χ2n) is 5.26. The molecule has 1 amide bonds. The number of rotatable bonds is 3. The Morgan fingerprint density at radius 2 is 2.19 bits per heavy atom. The average Bonchev–Trinajstić information content (AvgIpc) is 3.01. The van der Waals surface area contributed by atoms with Crippen LogP contribution < -0.4 is 5.32 Å². The van der Waals surface area contributed by atoms with Crippen LogP contribution in [0.2, 0.25) is 0 Å². The Labute approximate surface area is 127 Å². The number of benzene rings is 1. The third kappa shape index (κ3) is 2.91. The summed E-state index contributed by atoms with van der Waals surface area (Å²) in [5.41, 5.74) is 3.28. The van der Waals surface area contributed by atoms with Crippen LogP contribution in [0.5, 0.6) is 0 Å². The van der Waals surface area contributed by atoms with E-state index in [0.29, 0.717) is 6.42 Å². The zero-order chi connectivity index (χ0) is 14.8. The van der Waals surface area contributed by atoms with Gasteiger partial charge in [0, 0.05) is 17.4 Å². The molecule has 1 aliphatic carbocycles. The molecule has 1 heterocycles. The zero-order valence-electron chi connectivity index (χ0n) is 11.7. The van der Waals surface area contributed by atoms with Gasteiger partial charge in [-0.05, 0) is 41.1 Å². The second kappa shape index (κ2) is 5.84. The van der Waals surface area contributed by atoms with Crippen molar-refractivity contribution in [1.82, 2.24) is 5.32 Å². The molecule has 0 aliphatic heterocycles. The highest BCUT2D eigenvalue weighted by molar-refractivity contribution is 7.11. The largest absolute Gasteiger partial charge is 0.390 e. The lowest BCUT2D eigenvalue weighted by Crippen LogP contribution is -2.32. The Kier molecular flexibility index (Phi) is 3.90. The molecule has 1 aromatic heterocycles. The van der Waals surface area contributed by atoms with Crippen molar-refractivity contribution in [3.8, 4) is 0 Å². The van der Waals surface area contributed by atoms with Gasteiger partial charge in [0.15, 0.2) is 0 Å². The van der Waals surface area contributed by atoms with Crippen LogP contribution in [-0.4, -0.2) is 17.1 Å². The van der Waals surface area contributed by atoms with Gasteiger partial charge in [-0.1, -0.05) is 24.3 Å². The van der Waals surface area contributed by atoms with Gasteiger partial charge in [0.05, 0.1) is 12.1 Å². The Bertz CT molecular complexity index is 690. The number of aliphatic hydroxyl groups excluding tert-OH is 1. The quantitative estimate of drug-likeness (QED) is 0.856. The second-order valence-corrected chi connectivity index (χ2v) is 6.21. The van der Waals surface area contributed by atoms with Crippen LogP contribution in [0.15, 0.2) is 41.8 Å². The highest BCUT2D eigenvalue weighted by Gasteiger charge is 2.31. The minimum Gasteiger partial charge on any atom is -0.390 e. The van der Waals surface area contributed by atoms with Gasteiger partial charge in [-0.25, -0.2) is 0 Å². The van der Waals surface area contributed by atoms with Crippen molar-refractivity contribution in [3.05, 3.63) is 63.4 Å². The number of nitrogens with one attached hydrogen (secondary N) is 1. The van der Waals surface area contributed by atoms with Crippen LogP contribution in [0.3, 0.4) is 0 Å². The van der Waals surface area contributed by atoms with Crippen LogP contribution >= 0.6 is 11.3 Å². The van der Waals surface area contributed by atoms with E-state index >= 15 is 0 Å². The van der Waals surface area contributed by atoms with E-state index in [1.807, 2.05) is 48.7 Å². The van der Waals surface area contributed by atoms with Gasteiger partial charge in [-0.3, -0.25) is 4.79 Å². The summed E-state index contributed by atoms with van der Waals surface area (Å²) in [5.74, 6) is -0.177. The van der Waals surface area contributed by atoms with Crippen molar-refractivity contribution in [3.63, 3.8) is 0 Å². The van der Waals surface area contributed by atoms with Crippen LogP contribution in [0.1, 0.15) is 27.6 Å². The van der Waals surface area contributed by atoms with E-state index in [-0.39, 0.29) is 11.9 Å². The number of hydrogen-bond acceptors (Lipinski definition) is 3. The molecule has 0 saturated carbocycles. The maximum atomic E-state index is 12.1. The maximum Gasteiger partial charge on any atom is 0.244 e. The molecule has 1 aromatic carbocycles. The maximum absolute atomic E-state index is 12.1. The van der Waals surface area contributed by atoms with Crippen LogP contribution in [0, 0.1) is 6.92 Å². The number of carbonyl (C=O) groups is 1. The smallest absolute Gasteiger partial charge is 0.244 e. The molecule has 3 nitrogen and oxygen atoms in total. The van der Waals surface area contributed by atoms with E-state index < -0.39 is 6.10 Å². The first kappa shape index (κ1) is 14.0. The fraction of sp³-hybridized carbons (Fsp3) is 0.235. The fourth-order valence-corrected chi connectivity index (χ4v) is 3.48. The van der Waals surface area contributed by atoms with Crippen molar-refractivity contribution in [2.45, 2.75) is 25.5 Å². The third-order valence-electron chi connectivity index (χ3n) is 3.79. The van der Waals surface area contributed by atoms with Gasteiger partial charge in [0.2, 0.25) is 5.91 Å². The van der Waals surface area contributed by atoms with Gasteiger partial charge >= 0.3 is 0 Å². The summed E-state index contributed by atoms with van der Waals surface area (Å²) in [6.07, 6.45) is 3.40. The normalized spacial score (nSPS) is 20.7. The summed E-state index contributed by atoms with van der Waals surface area (Å²) < 4.78 is 0. The first-order valence-corrected chi connectivity index (χ1v) is 7.81. The summed E-state index contributed by atoms with van der Waals surface area (Å²) in [7, 11) is 0. The van der Waals surface area contributed by atoms with Crippen molar-refractivity contribution in [2.75, 3.05) is 0 Å². The molecular weight excluding hydrogens is 282 g/mol. The Balaban J connectivity index is 1.71. The summed E-state index contributed by atoms with van der Waals surface area (Å²) in [4.78, 5) is 13.1. The highest BCUT2D eigenvalue weighted by atomic mass is 32.1. The molecule has 3 rings (SSSR count). The number of thiophene rings is 1. The van der Waals surface area contributed by atoms with E-state index in [2.05, 4.69) is 5.32 Å². The fourth-order valence-electron chi connectivity index (χ4n) is 2.66. The van der Waals surface area contributed by atoms with E-state index in [9.17, 15) is 9.90 Å². The Morgan fingerprint density at radius 3 is 2.95 bits per heavy atom. The molecule has 0 saturated heterocycles. The molecule has 1 aliphatic rings. The molecule has 2 atom stereocenters. The van der Waals surface area contributed by atoms with E-state index in [0.717, 1.165) is 21.6 Å². The van der Waals surface area contributed by atoms with Gasteiger partial charge in [0.25, 0.3) is 0 Å². The summed E-state index contributed by atoms with van der Waals surface area (Å²) in [6.45, 7) is 2.02. The zero-order valence-corrected chi connectivity index (χ0v) is 12.6. The first-order valence-electron chi connectivity index (χ1n) is 6.93. The average molecular weight is 299 g/mol. The molecule has 0 fully saturated rings. The number of hydrogen-bond donors (Lipinski definition) is 2. The Hall–Kier alpha value is -1.91. The molecule has 0 spiro atoms. The number of amides is 1. The van der Waals surface area contributed by atoms with E-state index in [4.69, 9.17) is 0 Å². The number of aryl methyl sites for hydroxylation is 1. The lowest BCUT2D eigenvalue weighted by Gasteiger charge is -2.16. The molecule has 108 valence electrons. The molecule has 2 aromatic rings. The third-order valence-corrected chi connectivity index (χ3v) is 4.77. The first-order chi connectivity index (χ1) is 10.1. The number of carbonyl (C=O) groups excluding carboxylic acids is 1. The van der Waals surface area contributed by atoms with Crippen LogP contribution in [0.25, 0.3) is 6.08 Å². The van der Waals surface area contributed by atoms with Gasteiger partial charge in [-0.2, -0.15) is 0 Å². The lowest BCUT2D eigenvalue weighted by molar-refractivity contribution is -0.117. The molecule has 0 unspecified atom stereocenters. The predicted molar refractivity (Wildman–Crippen MR) is 85.1 cm³/mol. The molecule has 0 radical (unpaired) electrons.